The summed E-state index contributed by atoms with van der Waals surface area (Å²) in [6.07, 6.45) is 3.15. The van der Waals surface area contributed by atoms with Crippen molar-refractivity contribution in [3.63, 3.8) is 0 Å². The molecule has 1 saturated heterocycles. The Morgan fingerprint density at radius 2 is 2.08 bits per heavy atom. The predicted molar refractivity (Wildman–Crippen MR) is 102 cm³/mol. The molecule has 1 fully saturated rings. The molecule has 2 aliphatic heterocycles. The lowest BCUT2D eigenvalue weighted by molar-refractivity contribution is 0.0940. The van der Waals surface area contributed by atoms with E-state index in [4.69, 9.17) is 4.98 Å². The topological polar surface area (TPSA) is 61.0 Å². The maximum Gasteiger partial charge on any atom is 0.271 e. The highest BCUT2D eigenvalue weighted by molar-refractivity contribution is 5.94. The Bertz CT molecular complexity index is 781. The molecule has 0 unspecified atom stereocenters. The number of imidazole rings is 1. The second-order valence-corrected chi connectivity index (χ2v) is 8.53. The Morgan fingerprint density at radius 1 is 1.27 bits per heavy atom. The molecule has 4 rings (SSSR count). The van der Waals surface area contributed by atoms with E-state index in [2.05, 4.69) is 59.4 Å². The highest BCUT2D eigenvalue weighted by Crippen LogP contribution is 2.30. The van der Waals surface area contributed by atoms with Crippen molar-refractivity contribution >= 4 is 5.91 Å². The van der Waals surface area contributed by atoms with Crippen LogP contribution in [0.5, 0.6) is 0 Å². The van der Waals surface area contributed by atoms with E-state index in [-0.39, 0.29) is 11.3 Å². The van der Waals surface area contributed by atoms with Crippen molar-refractivity contribution in [1.82, 2.24) is 20.2 Å². The van der Waals surface area contributed by atoms with Gasteiger partial charge in [-0.2, -0.15) is 0 Å². The molecule has 0 bridgehead atoms. The number of H-pyrrole nitrogens is 1. The van der Waals surface area contributed by atoms with Crippen LogP contribution in [-0.2, 0) is 13.0 Å². The third-order valence-corrected chi connectivity index (χ3v) is 5.54. The van der Waals surface area contributed by atoms with Gasteiger partial charge in [-0.3, -0.25) is 9.69 Å². The number of hydrogen-bond acceptors (Lipinski definition) is 3. The van der Waals surface area contributed by atoms with Gasteiger partial charge in [0.2, 0.25) is 0 Å². The summed E-state index contributed by atoms with van der Waals surface area (Å²) in [4.78, 5) is 23.1. The molecule has 0 spiro atoms. The summed E-state index contributed by atoms with van der Waals surface area (Å²) < 4.78 is 0. The summed E-state index contributed by atoms with van der Waals surface area (Å²) in [5.41, 5.74) is 3.01. The van der Waals surface area contributed by atoms with Crippen LogP contribution in [0, 0.1) is 5.41 Å². The molecule has 1 amide bonds. The Hall–Kier alpha value is -2.14. The standard InChI is InChI=1S/C21H28N4O/c1-21(2)11-17-18(20(26)22-14-21)24-19(23-17)16-9-6-10-25(13-16)12-15-7-4-3-5-8-15/h3-5,7-8,16H,6,9-14H2,1-2H3,(H,22,26)(H,23,24)/t16-/m0/s1. The maximum absolute atomic E-state index is 12.4. The molecule has 1 aromatic carbocycles. The number of piperidine rings is 1. The van der Waals surface area contributed by atoms with Crippen LogP contribution >= 0.6 is 0 Å². The van der Waals surface area contributed by atoms with Crippen molar-refractivity contribution in [2.24, 2.45) is 5.41 Å². The van der Waals surface area contributed by atoms with Gasteiger partial charge in [-0.05, 0) is 36.8 Å². The summed E-state index contributed by atoms with van der Waals surface area (Å²) in [7, 11) is 0. The third kappa shape index (κ3) is 3.68. The summed E-state index contributed by atoms with van der Waals surface area (Å²) in [6.45, 7) is 8.16. The second-order valence-electron chi connectivity index (χ2n) is 8.53. The fourth-order valence-electron chi connectivity index (χ4n) is 4.15. The van der Waals surface area contributed by atoms with E-state index in [0.717, 1.165) is 44.0 Å². The van der Waals surface area contributed by atoms with Crippen molar-refractivity contribution in [1.29, 1.82) is 0 Å². The molecule has 1 aromatic heterocycles. The van der Waals surface area contributed by atoms with Crippen molar-refractivity contribution in [3.05, 3.63) is 53.1 Å². The first-order valence-corrected chi connectivity index (χ1v) is 9.63. The van der Waals surface area contributed by atoms with Crippen LogP contribution in [0.25, 0.3) is 0 Å². The van der Waals surface area contributed by atoms with E-state index in [1.807, 2.05) is 0 Å². The lowest BCUT2D eigenvalue weighted by Crippen LogP contribution is -2.34. The van der Waals surface area contributed by atoms with Gasteiger partial charge in [0, 0.05) is 31.2 Å². The highest BCUT2D eigenvalue weighted by Gasteiger charge is 2.32. The Labute approximate surface area is 155 Å². The summed E-state index contributed by atoms with van der Waals surface area (Å²) >= 11 is 0. The average Bonchev–Trinajstić information content (AvgIpc) is 3.00. The van der Waals surface area contributed by atoms with Crippen molar-refractivity contribution in [2.45, 2.75) is 45.6 Å². The molecule has 2 aliphatic rings. The molecule has 1 atom stereocenters. The predicted octanol–water partition coefficient (Wildman–Crippen LogP) is 3.10. The van der Waals surface area contributed by atoms with E-state index >= 15 is 0 Å². The number of hydrogen-bond donors (Lipinski definition) is 2. The Kier molecular flexibility index (Phi) is 4.57. The number of aromatic nitrogens is 2. The lowest BCUT2D eigenvalue weighted by atomic mass is 9.88. The zero-order valence-corrected chi connectivity index (χ0v) is 15.7. The molecule has 5 nitrogen and oxygen atoms in total. The first kappa shape index (κ1) is 17.3. The quantitative estimate of drug-likeness (QED) is 0.892. The number of benzene rings is 1. The number of aromatic amines is 1. The lowest BCUT2D eigenvalue weighted by Gasteiger charge is -2.32. The van der Waals surface area contributed by atoms with Crippen LogP contribution in [0.4, 0.5) is 0 Å². The highest BCUT2D eigenvalue weighted by atomic mass is 16.1. The molecule has 5 heteroatoms. The van der Waals surface area contributed by atoms with Gasteiger partial charge >= 0.3 is 0 Å². The Balaban J connectivity index is 1.51. The summed E-state index contributed by atoms with van der Waals surface area (Å²) in [5, 5.41) is 3.02. The number of nitrogens with one attached hydrogen (secondary N) is 2. The zero-order valence-electron chi connectivity index (χ0n) is 15.7. The van der Waals surface area contributed by atoms with Gasteiger partial charge in [0.15, 0.2) is 0 Å². The van der Waals surface area contributed by atoms with E-state index < -0.39 is 0 Å². The molecule has 26 heavy (non-hydrogen) atoms. The van der Waals surface area contributed by atoms with Gasteiger partial charge in [0.05, 0.1) is 0 Å². The molecular weight excluding hydrogens is 324 g/mol. The van der Waals surface area contributed by atoms with Crippen molar-refractivity contribution < 1.29 is 4.79 Å². The molecular formula is C21H28N4O. The molecule has 138 valence electrons. The van der Waals surface area contributed by atoms with Crippen LogP contribution in [0.1, 0.15) is 60.2 Å². The van der Waals surface area contributed by atoms with Gasteiger partial charge in [0.25, 0.3) is 5.91 Å². The van der Waals surface area contributed by atoms with Crippen LogP contribution in [0.3, 0.4) is 0 Å². The van der Waals surface area contributed by atoms with Crippen molar-refractivity contribution in [3.8, 4) is 0 Å². The van der Waals surface area contributed by atoms with E-state index in [0.29, 0.717) is 18.2 Å². The minimum Gasteiger partial charge on any atom is -0.350 e. The van der Waals surface area contributed by atoms with E-state index in [9.17, 15) is 4.79 Å². The molecule has 0 aliphatic carbocycles. The maximum atomic E-state index is 12.4. The van der Waals surface area contributed by atoms with Crippen LogP contribution < -0.4 is 5.32 Å². The van der Waals surface area contributed by atoms with Crippen LogP contribution in [-0.4, -0.2) is 40.4 Å². The molecule has 0 saturated carbocycles. The SMILES string of the molecule is CC1(C)CNC(=O)c2nc([C@H]3CCCN(Cc4ccccc4)C3)[nH]c2C1. The largest absolute Gasteiger partial charge is 0.350 e. The fourth-order valence-corrected chi connectivity index (χ4v) is 4.15. The first-order chi connectivity index (χ1) is 12.5. The van der Waals surface area contributed by atoms with Gasteiger partial charge in [-0.15, -0.1) is 0 Å². The summed E-state index contributed by atoms with van der Waals surface area (Å²) in [5.74, 6) is 1.32. The van der Waals surface area contributed by atoms with Gasteiger partial charge in [-0.1, -0.05) is 44.2 Å². The fraction of sp³-hybridized carbons (Fsp3) is 0.524. The van der Waals surface area contributed by atoms with E-state index in [1.54, 1.807) is 0 Å². The monoisotopic (exact) mass is 352 g/mol. The molecule has 2 aromatic rings. The summed E-state index contributed by atoms with van der Waals surface area (Å²) in [6, 6.07) is 10.6. The second kappa shape index (κ2) is 6.88. The minimum absolute atomic E-state index is 0.0370. The van der Waals surface area contributed by atoms with Gasteiger partial charge in [0.1, 0.15) is 11.5 Å². The van der Waals surface area contributed by atoms with Gasteiger partial charge in [-0.25, -0.2) is 4.98 Å². The van der Waals surface area contributed by atoms with Crippen molar-refractivity contribution in [2.75, 3.05) is 19.6 Å². The van der Waals surface area contributed by atoms with E-state index in [1.165, 1.54) is 12.0 Å². The van der Waals surface area contributed by atoms with Crippen LogP contribution in [0.2, 0.25) is 0 Å². The number of likely N-dealkylation sites (tertiary alicyclic amines) is 1. The third-order valence-electron chi connectivity index (χ3n) is 5.54. The first-order valence-electron chi connectivity index (χ1n) is 9.63. The zero-order chi connectivity index (χ0) is 18.1. The number of carbonyl (C=O) groups is 1. The van der Waals surface area contributed by atoms with Crippen LogP contribution in [0.15, 0.2) is 30.3 Å². The minimum atomic E-state index is -0.0370. The smallest absolute Gasteiger partial charge is 0.271 e. The average molecular weight is 352 g/mol. The normalized spacial score (nSPS) is 23.2. The van der Waals surface area contributed by atoms with Gasteiger partial charge < -0.3 is 10.3 Å². The molecule has 2 N–H and O–H groups in total. The number of carbonyl (C=O) groups excluding carboxylic acids is 1. The molecule has 3 heterocycles. The number of rotatable bonds is 3. The molecule has 0 radical (unpaired) electrons. The number of amides is 1. The number of nitrogens with zero attached hydrogens (tertiary/aromatic N) is 2. The number of fused-ring (bicyclic) bond motifs is 1. The Morgan fingerprint density at radius 3 is 2.88 bits per heavy atom.